The number of primary sulfonamides is 1. The van der Waals surface area contributed by atoms with E-state index in [1.807, 2.05) is 0 Å². The number of sulfonamides is 1. The normalized spacial score (nSPS) is 19.2. The van der Waals surface area contributed by atoms with Gasteiger partial charge in [-0.3, -0.25) is 4.79 Å². The second kappa shape index (κ2) is 4.90. The van der Waals surface area contributed by atoms with E-state index < -0.39 is 15.3 Å². The quantitative estimate of drug-likeness (QED) is 0.766. The van der Waals surface area contributed by atoms with Crippen molar-refractivity contribution in [2.75, 3.05) is 11.4 Å². The molecule has 1 fully saturated rings. The fourth-order valence-corrected chi connectivity index (χ4v) is 2.95. The molecule has 1 aromatic carbocycles. The molecular weight excluding hydrogens is 296 g/mol. The van der Waals surface area contributed by atoms with Gasteiger partial charge in [0.15, 0.2) is 0 Å². The average molecular weight is 308 g/mol. The maximum absolute atomic E-state index is 11.9. The summed E-state index contributed by atoms with van der Waals surface area (Å²) >= 11 is 0. The summed E-state index contributed by atoms with van der Waals surface area (Å²) in [7, 11) is -3.71. The van der Waals surface area contributed by atoms with Gasteiger partial charge in [-0.1, -0.05) is 0 Å². The number of hydrogen-bond donors (Lipinski definition) is 2. The summed E-state index contributed by atoms with van der Waals surface area (Å²) in [6, 6.07) is 6.87. The molecule has 3 rings (SSSR count). The van der Waals surface area contributed by atoms with Crippen LogP contribution in [0, 0.1) is 0 Å². The summed E-state index contributed by atoms with van der Waals surface area (Å²) in [5, 5.41) is 17.8. The van der Waals surface area contributed by atoms with Gasteiger partial charge in [0.1, 0.15) is 5.25 Å². The van der Waals surface area contributed by atoms with Crippen LogP contribution in [0.5, 0.6) is 0 Å². The topological polar surface area (TPSA) is 135 Å². The maximum Gasteiger partial charge on any atom is 0.228 e. The van der Waals surface area contributed by atoms with Crippen LogP contribution in [0.2, 0.25) is 0 Å². The van der Waals surface area contributed by atoms with Gasteiger partial charge in [-0.2, -0.15) is 5.21 Å². The number of carbonyl (C=O) groups is 1. The minimum Gasteiger partial charge on any atom is -0.311 e. The minimum absolute atomic E-state index is 0.0687. The summed E-state index contributed by atoms with van der Waals surface area (Å²) in [6.07, 6.45) is -0.0918. The van der Waals surface area contributed by atoms with Crippen LogP contribution in [0.1, 0.15) is 6.42 Å². The summed E-state index contributed by atoms with van der Waals surface area (Å²) in [4.78, 5) is 13.3. The zero-order valence-corrected chi connectivity index (χ0v) is 11.6. The Morgan fingerprint density at radius 2 is 2.00 bits per heavy atom. The molecule has 21 heavy (non-hydrogen) atoms. The Balaban J connectivity index is 1.83. The minimum atomic E-state index is -3.71. The molecule has 2 aromatic rings. The van der Waals surface area contributed by atoms with E-state index in [2.05, 4.69) is 20.6 Å². The van der Waals surface area contributed by atoms with Crippen molar-refractivity contribution in [3.05, 3.63) is 24.3 Å². The van der Waals surface area contributed by atoms with Crippen LogP contribution in [0.4, 0.5) is 5.69 Å². The molecule has 9 nitrogen and oxygen atoms in total. The van der Waals surface area contributed by atoms with Crippen molar-refractivity contribution < 1.29 is 13.2 Å². The lowest BCUT2D eigenvalue weighted by Crippen LogP contribution is -2.32. The second-order valence-corrected chi connectivity index (χ2v) is 6.55. The van der Waals surface area contributed by atoms with Crippen molar-refractivity contribution in [1.29, 1.82) is 0 Å². The Bertz CT molecular complexity index is 756. The molecule has 1 aromatic heterocycles. The molecular formula is C11H12N6O3S. The zero-order chi connectivity index (χ0) is 15.0. The average Bonchev–Trinajstić information content (AvgIpc) is 3.07. The highest BCUT2D eigenvalue weighted by Crippen LogP contribution is 2.26. The molecule has 0 bridgehead atoms. The number of nitrogens with one attached hydrogen (secondary N) is 1. The molecule has 2 heterocycles. The van der Waals surface area contributed by atoms with Crippen molar-refractivity contribution in [2.24, 2.45) is 5.14 Å². The molecule has 0 spiro atoms. The van der Waals surface area contributed by atoms with Crippen LogP contribution in [-0.2, 0) is 14.8 Å². The predicted octanol–water partition coefficient (Wildman–Crippen LogP) is -0.739. The van der Waals surface area contributed by atoms with E-state index in [1.54, 1.807) is 24.3 Å². The summed E-state index contributed by atoms with van der Waals surface area (Å²) in [5.74, 6) is 0.179. The van der Waals surface area contributed by atoms with Gasteiger partial charge in [-0.25, -0.2) is 13.6 Å². The van der Waals surface area contributed by atoms with Gasteiger partial charge >= 0.3 is 0 Å². The third-order valence-corrected chi connectivity index (χ3v) is 4.58. The van der Waals surface area contributed by atoms with E-state index >= 15 is 0 Å². The Labute approximate surface area is 120 Å². The number of nitrogens with zero attached hydrogens (tertiary/aromatic N) is 4. The van der Waals surface area contributed by atoms with E-state index in [0.29, 0.717) is 11.5 Å². The first kappa shape index (κ1) is 13.6. The number of rotatable bonds is 3. The van der Waals surface area contributed by atoms with E-state index in [9.17, 15) is 13.2 Å². The van der Waals surface area contributed by atoms with Crippen LogP contribution in [0.15, 0.2) is 24.3 Å². The molecule has 0 aliphatic carbocycles. The number of tetrazole rings is 1. The highest BCUT2D eigenvalue weighted by molar-refractivity contribution is 7.89. The number of amides is 1. The summed E-state index contributed by atoms with van der Waals surface area (Å²) in [6.45, 7) is 0.0687. The Hall–Kier alpha value is -2.33. The lowest BCUT2D eigenvalue weighted by molar-refractivity contribution is -0.117. The Morgan fingerprint density at radius 1 is 1.29 bits per heavy atom. The predicted molar refractivity (Wildman–Crippen MR) is 73.5 cm³/mol. The third-order valence-electron chi connectivity index (χ3n) is 3.34. The van der Waals surface area contributed by atoms with E-state index in [0.717, 1.165) is 5.56 Å². The maximum atomic E-state index is 11.9. The molecule has 1 aliphatic rings. The SMILES string of the molecule is NS(=O)(=O)C1CC(=O)N(c2ccc(-c3nn[nH]n3)cc2)C1. The largest absolute Gasteiger partial charge is 0.311 e. The molecule has 1 aliphatic heterocycles. The van der Waals surface area contributed by atoms with E-state index in [1.165, 1.54) is 4.90 Å². The fourth-order valence-electron chi connectivity index (χ4n) is 2.22. The van der Waals surface area contributed by atoms with Crippen molar-refractivity contribution in [2.45, 2.75) is 11.7 Å². The smallest absolute Gasteiger partial charge is 0.228 e. The van der Waals surface area contributed by atoms with Crippen molar-refractivity contribution in [1.82, 2.24) is 20.6 Å². The molecule has 1 amide bonds. The number of benzene rings is 1. The van der Waals surface area contributed by atoms with Gasteiger partial charge in [0.2, 0.25) is 21.8 Å². The number of nitrogens with two attached hydrogens (primary N) is 1. The molecule has 0 radical (unpaired) electrons. The van der Waals surface area contributed by atoms with Crippen molar-refractivity contribution in [3.8, 4) is 11.4 Å². The van der Waals surface area contributed by atoms with Gasteiger partial charge in [0.05, 0.1) is 0 Å². The zero-order valence-electron chi connectivity index (χ0n) is 10.8. The highest BCUT2D eigenvalue weighted by Gasteiger charge is 2.37. The monoisotopic (exact) mass is 308 g/mol. The standard InChI is InChI=1S/C11H12N6O3S/c12-21(19,20)9-5-10(18)17(6-9)8-3-1-7(2-4-8)11-13-15-16-14-11/h1-4,9H,5-6H2,(H2,12,19,20)(H,13,14,15,16). The number of anilines is 1. The van der Waals surface area contributed by atoms with Crippen LogP contribution >= 0.6 is 0 Å². The highest BCUT2D eigenvalue weighted by atomic mass is 32.2. The van der Waals surface area contributed by atoms with Crippen LogP contribution < -0.4 is 10.0 Å². The molecule has 0 saturated carbocycles. The number of aromatic nitrogens is 4. The molecule has 3 N–H and O–H groups in total. The molecule has 10 heteroatoms. The first-order chi connectivity index (χ1) is 9.95. The third kappa shape index (κ3) is 2.62. The second-order valence-electron chi connectivity index (χ2n) is 4.70. The molecule has 1 atom stereocenters. The lowest BCUT2D eigenvalue weighted by Gasteiger charge is -2.16. The number of carbonyl (C=O) groups excluding carboxylic acids is 1. The van der Waals surface area contributed by atoms with Gasteiger partial charge in [-0.15, -0.1) is 10.2 Å². The first-order valence-electron chi connectivity index (χ1n) is 6.11. The van der Waals surface area contributed by atoms with Crippen molar-refractivity contribution >= 4 is 21.6 Å². The number of hydrogen-bond acceptors (Lipinski definition) is 6. The van der Waals surface area contributed by atoms with Gasteiger partial charge in [-0.05, 0) is 29.5 Å². The van der Waals surface area contributed by atoms with Gasteiger partial charge in [0, 0.05) is 24.2 Å². The molecule has 110 valence electrons. The number of aromatic amines is 1. The van der Waals surface area contributed by atoms with Crippen LogP contribution in [0.25, 0.3) is 11.4 Å². The van der Waals surface area contributed by atoms with Crippen LogP contribution in [0.3, 0.4) is 0 Å². The van der Waals surface area contributed by atoms with Crippen LogP contribution in [-0.4, -0.2) is 46.7 Å². The molecule has 1 unspecified atom stereocenters. The summed E-state index contributed by atoms with van der Waals surface area (Å²) < 4.78 is 22.7. The van der Waals surface area contributed by atoms with Gasteiger partial charge in [0.25, 0.3) is 0 Å². The van der Waals surface area contributed by atoms with E-state index in [4.69, 9.17) is 5.14 Å². The lowest BCUT2D eigenvalue weighted by atomic mass is 10.2. The number of H-pyrrole nitrogens is 1. The molecule has 1 saturated heterocycles. The van der Waals surface area contributed by atoms with E-state index in [-0.39, 0.29) is 18.9 Å². The first-order valence-corrected chi connectivity index (χ1v) is 7.72. The Kier molecular flexibility index (Phi) is 3.18. The van der Waals surface area contributed by atoms with Crippen molar-refractivity contribution in [3.63, 3.8) is 0 Å². The Morgan fingerprint density at radius 3 is 2.52 bits per heavy atom. The fraction of sp³-hybridized carbons (Fsp3) is 0.273. The van der Waals surface area contributed by atoms with Gasteiger partial charge < -0.3 is 4.90 Å². The summed E-state index contributed by atoms with van der Waals surface area (Å²) in [5.41, 5.74) is 1.35.